The zero-order valence-electron chi connectivity index (χ0n) is 10.3. The summed E-state index contributed by atoms with van der Waals surface area (Å²) in [5.41, 5.74) is 3.18. The fraction of sp³-hybridized carbons (Fsp3) is 0.333. The van der Waals surface area contributed by atoms with Crippen molar-refractivity contribution in [3.8, 4) is 5.69 Å². The lowest BCUT2D eigenvalue weighted by molar-refractivity contribution is -0.137. The van der Waals surface area contributed by atoms with Crippen molar-refractivity contribution in [2.24, 2.45) is 0 Å². The second-order valence-corrected chi connectivity index (χ2v) is 4.16. The molecule has 0 atom stereocenters. The molecule has 2 rings (SSSR count). The molecule has 0 radical (unpaired) electrons. The van der Waals surface area contributed by atoms with Crippen molar-refractivity contribution >= 4 is 5.97 Å². The summed E-state index contributed by atoms with van der Waals surface area (Å²) < 4.78 is 0. The smallest absolute Gasteiger partial charge is 0.303 e. The zero-order chi connectivity index (χ0) is 13.1. The molecule has 2 aromatic rings. The molecule has 6 heteroatoms. The largest absolute Gasteiger partial charge is 0.481 e. The number of tetrazole rings is 1. The lowest BCUT2D eigenvalue weighted by atomic mass is 10.1. The van der Waals surface area contributed by atoms with Crippen molar-refractivity contribution in [3.63, 3.8) is 0 Å². The number of carboxylic acids is 1. The number of carbonyl (C=O) groups is 1. The van der Waals surface area contributed by atoms with Crippen LogP contribution in [0.25, 0.3) is 5.69 Å². The van der Waals surface area contributed by atoms with Gasteiger partial charge in [-0.05, 0) is 42.3 Å². The summed E-state index contributed by atoms with van der Waals surface area (Å²) in [5.74, 6) is -0.423. The van der Waals surface area contributed by atoms with Gasteiger partial charge in [0.2, 0.25) is 0 Å². The van der Waals surface area contributed by atoms with Gasteiger partial charge in [-0.2, -0.15) is 0 Å². The fourth-order valence-electron chi connectivity index (χ4n) is 1.52. The van der Waals surface area contributed by atoms with Crippen molar-refractivity contribution in [2.75, 3.05) is 0 Å². The van der Waals surface area contributed by atoms with Gasteiger partial charge in [0.15, 0.2) is 5.82 Å². The molecule has 0 saturated heterocycles. The van der Waals surface area contributed by atoms with Crippen LogP contribution in [0, 0.1) is 13.8 Å². The molecule has 0 fully saturated rings. The lowest BCUT2D eigenvalue weighted by Crippen LogP contribution is -2.01. The quantitative estimate of drug-likeness (QED) is 0.879. The Labute approximate surface area is 104 Å². The number of aliphatic carboxylic acids is 1. The molecule has 0 aliphatic heterocycles. The van der Waals surface area contributed by atoms with Crippen molar-refractivity contribution in [1.82, 2.24) is 20.2 Å². The van der Waals surface area contributed by atoms with Crippen LogP contribution in [0.1, 0.15) is 23.4 Å². The van der Waals surface area contributed by atoms with E-state index >= 15 is 0 Å². The minimum atomic E-state index is -0.863. The number of hydrogen-bond donors (Lipinski definition) is 1. The Morgan fingerprint density at radius 1 is 1.33 bits per heavy atom. The van der Waals surface area contributed by atoms with E-state index < -0.39 is 5.97 Å². The van der Waals surface area contributed by atoms with Gasteiger partial charge in [-0.15, -0.1) is 15.0 Å². The van der Waals surface area contributed by atoms with Crippen molar-refractivity contribution in [3.05, 3.63) is 35.2 Å². The fourth-order valence-corrected chi connectivity index (χ4v) is 1.52. The summed E-state index contributed by atoms with van der Waals surface area (Å²) >= 11 is 0. The Morgan fingerprint density at radius 3 is 2.78 bits per heavy atom. The molecule has 6 nitrogen and oxygen atoms in total. The molecule has 94 valence electrons. The predicted molar refractivity (Wildman–Crippen MR) is 64.6 cm³/mol. The lowest BCUT2D eigenvalue weighted by Gasteiger charge is -2.02. The Kier molecular flexibility index (Phi) is 3.36. The summed E-state index contributed by atoms with van der Waals surface area (Å²) in [5, 5.41) is 20.5. The van der Waals surface area contributed by atoms with Gasteiger partial charge in [0.05, 0.1) is 12.1 Å². The molecule has 0 spiro atoms. The Balaban J connectivity index is 2.18. The molecule has 18 heavy (non-hydrogen) atoms. The number of carboxylic acid groups (broad SMARTS) is 1. The van der Waals surface area contributed by atoms with E-state index in [0.29, 0.717) is 12.2 Å². The van der Waals surface area contributed by atoms with E-state index in [4.69, 9.17) is 5.11 Å². The van der Waals surface area contributed by atoms with E-state index in [0.717, 1.165) is 11.3 Å². The normalized spacial score (nSPS) is 10.6. The predicted octanol–water partition coefficient (Wildman–Crippen LogP) is 1.30. The van der Waals surface area contributed by atoms with E-state index in [2.05, 4.69) is 15.4 Å². The third kappa shape index (κ3) is 2.71. The minimum Gasteiger partial charge on any atom is -0.481 e. The maximum atomic E-state index is 10.4. The van der Waals surface area contributed by atoms with Crippen LogP contribution in [0.2, 0.25) is 0 Å². The molecule has 0 aliphatic carbocycles. The average Bonchev–Trinajstić information content (AvgIpc) is 2.79. The number of aryl methyl sites for hydroxylation is 3. The topological polar surface area (TPSA) is 80.9 Å². The molecule has 1 heterocycles. The second kappa shape index (κ2) is 4.95. The summed E-state index contributed by atoms with van der Waals surface area (Å²) in [6.07, 6.45) is 0.304. The van der Waals surface area contributed by atoms with Crippen LogP contribution in [-0.4, -0.2) is 31.3 Å². The average molecular weight is 246 g/mol. The van der Waals surface area contributed by atoms with Gasteiger partial charge in [-0.3, -0.25) is 4.79 Å². The molecule has 0 bridgehead atoms. The van der Waals surface area contributed by atoms with Crippen LogP contribution in [-0.2, 0) is 11.2 Å². The highest BCUT2D eigenvalue weighted by Gasteiger charge is 2.07. The third-order valence-electron chi connectivity index (χ3n) is 2.74. The van der Waals surface area contributed by atoms with Gasteiger partial charge in [0.25, 0.3) is 0 Å². The van der Waals surface area contributed by atoms with Crippen LogP contribution in [0.15, 0.2) is 18.2 Å². The maximum Gasteiger partial charge on any atom is 0.303 e. The van der Waals surface area contributed by atoms with Gasteiger partial charge < -0.3 is 5.11 Å². The molecule has 0 amide bonds. The maximum absolute atomic E-state index is 10.4. The number of rotatable bonds is 4. The van der Waals surface area contributed by atoms with Gasteiger partial charge in [-0.1, -0.05) is 6.07 Å². The number of benzene rings is 1. The highest BCUT2D eigenvalue weighted by atomic mass is 16.4. The first-order valence-corrected chi connectivity index (χ1v) is 5.64. The summed E-state index contributed by atoms with van der Waals surface area (Å²) in [6, 6.07) is 5.87. The molecule has 0 unspecified atom stereocenters. The van der Waals surface area contributed by atoms with Crippen LogP contribution in [0.3, 0.4) is 0 Å². The standard InChI is InChI=1S/C12H14N4O2/c1-8-3-4-10(7-9(8)2)16-14-11(13-15-16)5-6-12(17)18/h3-4,7H,5-6H2,1-2H3,(H,17,18). The number of aromatic nitrogens is 4. The molecule has 0 saturated carbocycles. The first kappa shape index (κ1) is 12.2. The summed E-state index contributed by atoms with van der Waals surface area (Å²) in [7, 11) is 0. The van der Waals surface area contributed by atoms with E-state index in [9.17, 15) is 4.79 Å². The summed E-state index contributed by atoms with van der Waals surface area (Å²) in [6.45, 7) is 4.05. The molecule has 1 aromatic carbocycles. The van der Waals surface area contributed by atoms with Gasteiger partial charge >= 0.3 is 5.97 Å². The Hall–Kier alpha value is -2.24. The Morgan fingerprint density at radius 2 is 2.11 bits per heavy atom. The van der Waals surface area contributed by atoms with E-state index in [1.54, 1.807) is 0 Å². The molecule has 0 aliphatic rings. The molecular formula is C12H14N4O2. The van der Waals surface area contributed by atoms with Gasteiger partial charge in [0.1, 0.15) is 0 Å². The van der Waals surface area contributed by atoms with Crippen LogP contribution < -0.4 is 0 Å². The first-order chi connectivity index (χ1) is 8.56. The molecule has 1 aromatic heterocycles. The highest BCUT2D eigenvalue weighted by molar-refractivity contribution is 5.66. The highest BCUT2D eigenvalue weighted by Crippen LogP contribution is 2.12. The monoisotopic (exact) mass is 246 g/mol. The SMILES string of the molecule is Cc1ccc(-n2nnc(CCC(=O)O)n2)cc1C. The summed E-state index contributed by atoms with van der Waals surface area (Å²) in [4.78, 5) is 11.9. The van der Waals surface area contributed by atoms with Crippen LogP contribution in [0.5, 0.6) is 0 Å². The minimum absolute atomic E-state index is 0.0125. The van der Waals surface area contributed by atoms with Crippen molar-refractivity contribution < 1.29 is 9.90 Å². The zero-order valence-corrected chi connectivity index (χ0v) is 10.3. The van der Waals surface area contributed by atoms with Crippen molar-refractivity contribution in [2.45, 2.75) is 26.7 Å². The van der Waals surface area contributed by atoms with Crippen molar-refractivity contribution in [1.29, 1.82) is 0 Å². The third-order valence-corrected chi connectivity index (χ3v) is 2.74. The van der Waals surface area contributed by atoms with Crippen LogP contribution in [0.4, 0.5) is 0 Å². The van der Waals surface area contributed by atoms with Crippen LogP contribution >= 0.6 is 0 Å². The Bertz CT molecular complexity index is 577. The number of nitrogens with zero attached hydrogens (tertiary/aromatic N) is 4. The van der Waals surface area contributed by atoms with Gasteiger partial charge in [0, 0.05) is 6.42 Å². The molecule has 1 N–H and O–H groups in total. The number of hydrogen-bond acceptors (Lipinski definition) is 4. The van der Waals surface area contributed by atoms with E-state index in [-0.39, 0.29) is 6.42 Å². The van der Waals surface area contributed by atoms with E-state index in [1.165, 1.54) is 10.4 Å². The molecular weight excluding hydrogens is 232 g/mol. The van der Waals surface area contributed by atoms with E-state index in [1.807, 2.05) is 32.0 Å². The van der Waals surface area contributed by atoms with Gasteiger partial charge in [-0.25, -0.2) is 0 Å². The second-order valence-electron chi connectivity index (χ2n) is 4.16. The first-order valence-electron chi connectivity index (χ1n) is 5.64.